The Kier molecular flexibility index (Phi) is 2.86. The van der Waals surface area contributed by atoms with Crippen LogP contribution in [0, 0.1) is 5.92 Å². The third-order valence-corrected chi connectivity index (χ3v) is 2.21. The summed E-state index contributed by atoms with van der Waals surface area (Å²) in [5.74, 6) is -0.0225. The second kappa shape index (κ2) is 3.73. The van der Waals surface area contributed by atoms with Gasteiger partial charge in [-0.15, -0.1) is 0 Å². The topological polar surface area (TPSA) is 37.4 Å². The smallest absolute Gasteiger partial charge is 0.170 e. The van der Waals surface area contributed by atoms with Gasteiger partial charge in [0.05, 0.1) is 5.57 Å². The van der Waals surface area contributed by atoms with E-state index < -0.39 is 0 Å². The molecule has 1 aliphatic carbocycles. The summed E-state index contributed by atoms with van der Waals surface area (Å²) >= 11 is 0. The minimum Gasteiger partial charge on any atom is -0.383 e. The summed E-state index contributed by atoms with van der Waals surface area (Å²) in [6.07, 6.45) is 2.83. The molecule has 1 fully saturated rings. The van der Waals surface area contributed by atoms with E-state index in [0.717, 1.165) is 0 Å². The summed E-state index contributed by atoms with van der Waals surface area (Å²) in [4.78, 5) is 24.7. The molecule has 3 nitrogen and oxygen atoms in total. The molecule has 1 saturated carbocycles. The molecule has 1 rings (SSSR count). The quantitative estimate of drug-likeness (QED) is 0.447. The van der Waals surface area contributed by atoms with Crippen molar-refractivity contribution in [3.05, 3.63) is 11.8 Å². The molecule has 0 amide bonds. The van der Waals surface area contributed by atoms with Gasteiger partial charge in [-0.05, 0) is 6.42 Å². The molecule has 0 aliphatic heterocycles. The molecule has 0 N–H and O–H groups in total. The number of nitrogens with zero attached hydrogens (tertiary/aromatic N) is 1. The van der Waals surface area contributed by atoms with Crippen LogP contribution in [0.4, 0.5) is 0 Å². The molecule has 1 atom stereocenters. The van der Waals surface area contributed by atoms with Crippen molar-refractivity contribution in [1.82, 2.24) is 4.90 Å². The normalized spacial score (nSPS) is 26.7. The molecule has 0 aromatic heterocycles. The van der Waals surface area contributed by atoms with E-state index in [-0.39, 0.29) is 17.5 Å². The molecular weight excluding hydrogens is 166 g/mol. The van der Waals surface area contributed by atoms with E-state index in [4.69, 9.17) is 0 Å². The van der Waals surface area contributed by atoms with Gasteiger partial charge in [0.15, 0.2) is 11.6 Å². The van der Waals surface area contributed by atoms with Gasteiger partial charge in [-0.1, -0.05) is 6.92 Å². The highest BCUT2D eigenvalue weighted by Crippen LogP contribution is 2.21. The van der Waals surface area contributed by atoms with E-state index in [1.54, 1.807) is 11.1 Å². The predicted molar refractivity (Wildman–Crippen MR) is 50.2 cm³/mol. The maximum Gasteiger partial charge on any atom is 0.170 e. The van der Waals surface area contributed by atoms with Crippen molar-refractivity contribution in [1.29, 1.82) is 0 Å². The van der Waals surface area contributed by atoms with E-state index in [0.29, 0.717) is 18.4 Å². The molecular formula is C10H15NO2. The van der Waals surface area contributed by atoms with Gasteiger partial charge >= 0.3 is 0 Å². The first kappa shape index (κ1) is 9.96. The molecule has 0 heterocycles. The third kappa shape index (κ3) is 2.17. The van der Waals surface area contributed by atoms with E-state index in [2.05, 4.69) is 0 Å². The maximum absolute atomic E-state index is 11.6. The number of carbonyl (C=O) groups excluding carboxylic acids is 2. The summed E-state index contributed by atoms with van der Waals surface area (Å²) in [7, 11) is 3.62. The molecule has 0 aromatic carbocycles. The Balaban J connectivity index is 2.91. The summed E-state index contributed by atoms with van der Waals surface area (Å²) in [6, 6.07) is 0. The van der Waals surface area contributed by atoms with Gasteiger partial charge in [0.2, 0.25) is 0 Å². The van der Waals surface area contributed by atoms with Crippen molar-refractivity contribution in [3.63, 3.8) is 0 Å². The monoisotopic (exact) mass is 181 g/mol. The van der Waals surface area contributed by atoms with Crippen molar-refractivity contribution in [2.45, 2.75) is 19.8 Å². The van der Waals surface area contributed by atoms with Crippen molar-refractivity contribution in [2.75, 3.05) is 14.1 Å². The fourth-order valence-corrected chi connectivity index (χ4v) is 1.41. The Morgan fingerprint density at radius 2 is 2.00 bits per heavy atom. The van der Waals surface area contributed by atoms with Crippen LogP contribution in [0.3, 0.4) is 0 Å². The van der Waals surface area contributed by atoms with Crippen LogP contribution in [0.5, 0.6) is 0 Å². The Morgan fingerprint density at radius 1 is 1.38 bits per heavy atom. The van der Waals surface area contributed by atoms with E-state index in [9.17, 15) is 9.59 Å². The largest absolute Gasteiger partial charge is 0.383 e. The zero-order valence-corrected chi connectivity index (χ0v) is 8.33. The van der Waals surface area contributed by atoms with Crippen LogP contribution in [-0.2, 0) is 9.59 Å². The Bertz CT molecular complexity index is 266. The Hall–Kier alpha value is -1.12. The molecule has 0 spiro atoms. The highest BCUT2D eigenvalue weighted by Gasteiger charge is 2.28. The predicted octanol–water partition coefficient (Wildman–Crippen LogP) is 1.00. The molecule has 3 heteroatoms. The summed E-state index contributed by atoms with van der Waals surface area (Å²) in [5.41, 5.74) is 0.365. The standard InChI is InChI=1S/C10H15NO2/c1-7-4-5-9(12)8(10(7)13)6-11(2)3/h6-7H,4-5H2,1-3H3/b8-6-. The first-order valence-electron chi connectivity index (χ1n) is 4.48. The van der Waals surface area contributed by atoms with Crippen LogP contribution >= 0.6 is 0 Å². The van der Waals surface area contributed by atoms with Crippen LogP contribution in [0.2, 0.25) is 0 Å². The fourth-order valence-electron chi connectivity index (χ4n) is 1.41. The molecule has 0 radical (unpaired) electrons. The van der Waals surface area contributed by atoms with Gasteiger partial charge in [0.25, 0.3) is 0 Å². The van der Waals surface area contributed by atoms with Gasteiger partial charge in [0, 0.05) is 32.6 Å². The van der Waals surface area contributed by atoms with Gasteiger partial charge in [0.1, 0.15) is 0 Å². The van der Waals surface area contributed by atoms with Crippen molar-refractivity contribution in [3.8, 4) is 0 Å². The second-order valence-corrected chi connectivity index (χ2v) is 3.73. The lowest BCUT2D eigenvalue weighted by atomic mass is 9.85. The first-order chi connectivity index (χ1) is 6.02. The number of hydrogen-bond donors (Lipinski definition) is 0. The summed E-state index contributed by atoms with van der Waals surface area (Å²) in [6.45, 7) is 1.87. The van der Waals surface area contributed by atoms with E-state index >= 15 is 0 Å². The highest BCUT2D eigenvalue weighted by atomic mass is 16.2. The molecule has 1 unspecified atom stereocenters. The zero-order valence-electron chi connectivity index (χ0n) is 8.33. The SMILES string of the molecule is CC1CCC(=O)/C(=C/N(C)C)C1=O. The minimum atomic E-state index is -0.0169. The minimum absolute atomic E-state index is 0.00361. The average molecular weight is 181 g/mol. The Morgan fingerprint density at radius 3 is 2.54 bits per heavy atom. The number of allylic oxidation sites excluding steroid dienone is 1. The van der Waals surface area contributed by atoms with Crippen LogP contribution in [0.1, 0.15) is 19.8 Å². The van der Waals surface area contributed by atoms with Crippen LogP contribution in [0.25, 0.3) is 0 Å². The van der Waals surface area contributed by atoms with Gasteiger partial charge < -0.3 is 4.90 Å². The molecule has 1 aliphatic rings. The van der Waals surface area contributed by atoms with Crippen LogP contribution in [-0.4, -0.2) is 30.6 Å². The number of hydrogen-bond acceptors (Lipinski definition) is 3. The van der Waals surface area contributed by atoms with Crippen molar-refractivity contribution in [2.24, 2.45) is 5.92 Å². The number of ketones is 2. The first-order valence-corrected chi connectivity index (χ1v) is 4.48. The number of rotatable bonds is 1. The summed E-state index contributed by atoms with van der Waals surface area (Å²) in [5, 5.41) is 0. The maximum atomic E-state index is 11.6. The lowest BCUT2D eigenvalue weighted by Gasteiger charge is -2.19. The fraction of sp³-hybridized carbons (Fsp3) is 0.600. The van der Waals surface area contributed by atoms with Crippen LogP contribution in [0.15, 0.2) is 11.8 Å². The summed E-state index contributed by atoms with van der Waals surface area (Å²) < 4.78 is 0. The molecule has 0 aromatic rings. The van der Waals surface area contributed by atoms with Gasteiger partial charge in [-0.3, -0.25) is 9.59 Å². The van der Waals surface area contributed by atoms with Crippen molar-refractivity contribution >= 4 is 11.6 Å². The van der Waals surface area contributed by atoms with Crippen molar-refractivity contribution < 1.29 is 9.59 Å². The molecule has 0 saturated heterocycles. The van der Waals surface area contributed by atoms with Crippen LogP contribution < -0.4 is 0 Å². The highest BCUT2D eigenvalue weighted by molar-refractivity contribution is 6.22. The van der Waals surface area contributed by atoms with Gasteiger partial charge in [-0.25, -0.2) is 0 Å². The number of carbonyl (C=O) groups is 2. The molecule has 13 heavy (non-hydrogen) atoms. The molecule has 0 bridgehead atoms. The number of Topliss-reactive ketones (excluding diaryl/α,β-unsaturated/α-hetero) is 2. The lowest BCUT2D eigenvalue weighted by molar-refractivity contribution is -0.126. The van der Waals surface area contributed by atoms with Gasteiger partial charge in [-0.2, -0.15) is 0 Å². The molecule has 72 valence electrons. The lowest BCUT2D eigenvalue weighted by Crippen LogP contribution is -2.27. The Labute approximate surface area is 78.4 Å². The van der Waals surface area contributed by atoms with E-state index in [1.165, 1.54) is 0 Å². The second-order valence-electron chi connectivity index (χ2n) is 3.73. The van der Waals surface area contributed by atoms with E-state index in [1.807, 2.05) is 21.0 Å². The average Bonchev–Trinajstić information content (AvgIpc) is 2.05. The third-order valence-electron chi connectivity index (χ3n) is 2.21. The zero-order chi connectivity index (χ0) is 10.0.